The van der Waals surface area contributed by atoms with Gasteiger partial charge in [0.25, 0.3) is 0 Å². The lowest BCUT2D eigenvalue weighted by Crippen LogP contribution is -2.20. The van der Waals surface area contributed by atoms with Crippen LogP contribution in [0, 0.1) is 0 Å². The molecule has 3 rings (SSSR count). The van der Waals surface area contributed by atoms with Gasteiger partial charge in [-0.15, -0.1) is 11.3 Å². The summed E-state index contributed by atoms with van der Waals surface area (Å²) in [6.07, 6.45) is 0. The minimum Gasteiger partial charge on any atom is -0.491 e. The molecule has 0 spiro atoms. The normalized spacial score (nSPS) is 10.9. The number of fused-ring (bicyclic) bond motifs is 1. The maximum Gasteiger partial charge on any atom is 0.134 e. The van der Waals surface area contributed by atoms with E-state index in [-0.39, 0.29) is 0 Å². The summed E-state index contributed by atoms with van der Waals surface area (Å²) < 4.78 is 6.89. The van der Waals surface area contributed by atoms with Gasteiger partial charge in [-0.2, -0.15) is 0 Å². The Morgan fingerprint density at radius 2 is 1.95 bits per heavy atom. The quantitative estimate of drug-likeness (QED) is 0.634. The van der Waals surface area contributed by atoms with Crippen molar-refractivity contribution in [2.24, 2.45) is 0 Å². The zero-order valence-corrected chi connectivity index (χ0v) is 13.9. The van der Waals surface area contributed by atoms with Gasteiger partial charge in [0.1, 0.15) is 12.4 Å². The fourth-order valence-electron chi connectivity index (χ4n) is 2.18. The minimum absolute atomic E-state index is 0.655. The summed E-state index contributed by atoms with van der Waals surface area (Å²) in [4.78, 5) is 1.35. The summed E-state index contributed by atoms with van der Waals surface area (Å²) in [6, 6.07) is 16.6. The molecule has 0 amide bonds. The number of hydrogen-bond acceptors (Lipinski definition) is 3. The number of halogens is 1. The first kappa shape index (κ1) is 14.6. The summed E-state index contributed by atoms with van der Waals surface area (Å²) in [7, 11) is 0. The average Bonchev–Trinajstić information content (AvgIpc) is 3.03. The average molecular weight is 362 g/mol. The van der Waals surface area contributed by atoms with E-state index in [1.54, 1.807) is 11.3 Å². The van der Waals surface area contributed by atoms with Crippen LogP contribution in [0.1, 0.15) is 4.88 Å². The number of hydrogen-bond donors (Lipinski definition) is 1. The van der Waals surface area contributed by atoms with Crippen LogP contribution in [0.4, 0.5) is 0 Å². The van der Waals surface area contributed by atoms with Crippen molar-refractivity contribution in [2.75, 3.05) is 13.2 Å². The van der Waals surface area contributed by atoms with E-state index in [1.165, 1.54) is 15.6 Å². The molecular weight excluding hydrogens is 346 g/mol. The molecule has 2 nitrogen and oxygen atoms in total. The molecule has 0 saturated carbocycles. The van der Waals surface area contributed by atoms with Crippen molar-refractivity contribution in [2.45, 2.75) is 6.54 Å². The van der Waals surface area contributed by atoms with Crippen molar-refractivity contribution < 1.29 is 4.74 Å². The van der Waals surface area contributed by atoms with Crippen molar-refractivity contribution in [3.05, 3.63) is 63.3 Å². The number of benzene rings is 2. The first-order chi connectivity index (χ1) is 10.3. The van der Waals surface area contributed by atoms with Crippen LogP contribution in [0.5, 0.6) is 5.75 Å². The zero-order valence-electron chi connectivity index (χ0n) is 11.5. The van der Waals surface area contributed by atoms with Crippen molar-refractivity contribution in [3.63, 3.8) is 0 Å². The molecule has 1 N–H and O–H groups in total. The highest BCUT2D eigenvalue weighted by Gasteiger charge is 2.05. The summed E-state index contributed by atoms with van der Waals surface area (Å²) in [5.41, 5.74) is 0. The molecule has 0 atom stereocenters. The third kappa shape index (κ3) is 3.64. The van der Waals surface area contributed by atoms with Gasteiger partial charge in [0, 0.05) is 18.0 Å². The molecule has 0 aliphatic rings. The third-order valence-corrected chi connectivity index (χ3v) is 4.94. The monoisotopic (exact) mass is 361 g/mol. The molecule has 1 aromatic heterocycles. The van der Waals surface area contributed by atoms with Gasteiger partial charge in [0.2, 0.25) is 0 Å². The van der Waals surface area contributed by atoms with Gasteiger partial charge in [-0.05, 0) is 44.2 Å². The summed E-state index contributed by atoms with van der Waals surface area (Å²) in [5, 5.41) is 7.88. The fraction of sp³-hybridized carbons (Fsp3) is 0.176. The van der Waals surface area contributed by atoms with Gasteiger partial charge >= 0.3 is 0 Å². The highest BCUT2D eigenvalue weighted by atomic mass is 79.9. The molecule has 108 valence electrons. The minimum atomic E-state index is 0.655. The molecule has 0 radical (unpaired) electrons. The molecule has 0 saturated heterocycles. The topological polar surface area (TPSA) is 21.3 Å². The largest absolute Gasteiger partial charge is 0.491 e. The Morgan fingerprint density at radius 3 is 2.81 bits per heavy atom. The maximum atomic E-state index is 5.86. The van der Waals surface area contributed by atoms with E-state index < -0.39 is 0 Å². The smallest absolute Gasteiger partial charge is 0.134 e. The SMILES string of the molecule is Brc1c(OCCNCc2cccs2)ccc2ccccc12. The van der Waals surface area contributed by atoms with E-state index in [1.807, 2.05) is 18.2 Å². The molecular formula is C17H16BrNOS. The van der Waals surface area contributed by atoms with Crippen molar-refractivity contribution >= 4 is 38.0 Å². The lowest BCUT2D eigenvalue weighted by atomic mass is 10.1. The van der Waals surface area contributed by atoms with E-state index >= 15 is 0 Å². The van der Waals surface area contributed by atoms with Crippen molar-refractivity contribution in [1.82, 2.24) is 5.32 Å². The van der Waals surface area contributed by atoms with Crippen molar-refractivity contribution in [1.29, 1.82) is 0 Å². The molecule has 2 aromatic carbocycles. The summed E-state index contributed by atoms with van der Waals surface area (Å²) in [5.74, 6) is 0.895. The van der Waals surface area contributed by atoms with Crippen molar-refractivity contribution in [3.8, 4) is 5.75 Å². The van der Waals surface area contributed by atoms with Gasteiger partial charge in [0.15, 0.2) is 0 Å². The molecule has 0 aliphatic heterocycles. The van der Waals surface area contributed by atoms with Crippen LogP contribution in [0.25, 0.3) is 10.8 Å². The molecule has 0 unspecified atom stereocenters. The number of nitrogens with one attached hydrogen (secondary N) is 1. The predicted molar refractivity (Wildman–Crippen MR) is 93.2 cm³/mol. The highest BCUT2D eigenvalue weighted by Crippen LogP contribution is 2.32. The Hall–Kier alpha value is -1.36. The Labute approximate surface area is 136 Å². The second-order valence-corrected chi connectivity index (χ2v) is 6.53. The maximum absolute atomic E-state index is 5.86. The predicted octanol–water partition coefficient (Wildman–Crippen LogP) is 4.83. The number of rotatable bonds is 6. The second-order valence-electron chi connectivity index (χ2n) is 4.70. The van der Waals surface area contributed by atoms with E-state index in [4.69, 9.17) is 4.74 Å². The Bertz CT molecular complexity index is 712. The van der Waals surface area contributed by atoms with Crippen LogP contribution in [0.15, 0.2) is 58.4 Å². The summed E-state index contributed by atoms with van der Waals surface area (Å²) >= 11 is 5.41. The first-order valence-corrected chi connectivity index (χ1v) is 8.55. The van der Waals surface area contributed by atoms with Gasteiger partial charge in [0.05, 0.1) is 4.47 Å². The van der Waals surface area contributed by atoms with Gasteiger partial charge < -0.3 is 10.1 Å². The second kappa shape index (κ2) is 7.07. The molecule has 4 heteroatoms. The van der Waals surface area contributed by atoms with Gasteiger partial charge in [-0.3, -0.25) is 0 Å². The molecule has 1 heterocycles. The molecule has 0 bridgehead atoms. The van der Waals surface area contributed by atoms with Gasteiger partial charge in [-0.25, -0.2) is 0 Å². The van der Waals surface area contributed by atoms with E-state index in [9.17, 15) is 0 Å². The van der Waals surface area contributed by atoms with E-state index in [2.05, 4.69) is 57.0 Å². The highest BCUT2D eigenvalue weighted by molar-refractivity contribution is 9.10. The van der Waals surface area contributed by atoms with Crippen LogP contribution in [-0.2, 0) is 6.54 Å². The number of ether oxygens (including phenoxy) is 1. The lowest BCUT2D eigenvalue weighted by Gasteiger charge is -2.10. The summed E-state index contributed by atoms with van der Waals surface area (Å²) in [6.45, 7) is 2.39. The Balaban J connectivity index is 1.54. The molecule has 0 aliphatic carbocycles. The van der Waals surface area contributed by atoms with Gasteiger partial charge in [-0.1, -0.05) is 36.4 Å². The first-order valence-electron chi connectivity index (χ1n) is 6.88. The molecule has 3 aromatic rings. The number of thiophene rings is 1. The lowest BCUT2D eigenvalue weighted by molar-refractivity contribution is 0.312. The van der Waals surface area contributed by atoms with Crippen LogP contribution < -0.4 is 10.1 Å². The van der Waals surface area contributed by atoms with E-state index in [0.717, 1.165) is 23.3 Å². The Morgan fingerprint density at radius 1 is 1.05 bits per heavy atom. The molecule has 0 fully saturated rings. The zero-order chi connectivity index (χ0) is 14.5. The van der Waals surface area contributed by atoms with Crippen LogP contribution in [0.3, 0.4) is 0 Å². The van der Waals surface area contributed by atoms with Crippen LogP contribution in [0.2, 0.25) is 0 Å². The standard InChI is InChI=1S/C17H16BrNOS/c18-17-15-6-2-1-4-13(15)7-8-16(17)20-10-9-19-12-14-5-3-11-21-14/h1-8,11,19H,9-10,12H2. The molecule has 21 heavy (non-hydrogen) atoms. The van der Waals surface area contributed by atoms with Crippen LogP contribution in [-0.4, -0.2) is 13.2 Å². The van der Waals surface area contributed by atoms with E-state index in [0.29, 0.717) is 6.61 Å². The van der Waals surface area contributed by atoms with Crippen LogP contribution >= 0.6 is 27.3 Å². The Kier molecular flexibility index (Phi) is 4.91. The third-order valence-electron chi connectivity index (χ3n) is 3.24. The fourth-order valence-corrected chi connectivity index (χ4v) is 3.47.